The standard InChI is InChI=1S/C14H25N3S/c1-5-10(2)13-7-17(11(3)6-15-13)8-14-12(4)16-9-18-14/h9-11,13,15H,5-8H2,1-4H3. The molecule has 0 spiro atoms. The van der Waals surface area contributed by atoms with Crippen LogP contribution in [0, 0.1) is 12.8 Å². The molecule has 1 aliphatic heterocycles. The van der Waals surface area contributed by atoms with Crippen molar-refractivity contribution in [2.75, 3.05) is 13.1 Å². The Morgan fingerprint density at radius 3 is 3.00 bits per heavy atom. The molecule has 1 N–H and O–H groups in total. The first-order valence-corrected chi connectivity index (χ1v) is 7.86. The van der Waals surface area contributed by atoms with Crippen molar-refractivity contribution >= 4 is 11.3 Å². The predicted octanol–water partition coefficient (Wildman–Crippen LogP) is 2.66. The summed E-state index contributed by atoms with van der Waals surface area (Å²) in [6, 6.07) is 1.26. The molecular formula is C14H25N3S. The van der Waals surface area contributed by atoms with Gasteiger partial charge in [-0.2, -0.15) is 0 Å². The maximum atomic E-state index is 4.35. The summed E-state index contributed by atoms with van der Waals surface area (Å²) >= 11 is 1.79. The van der Waals surface area contributed by atoms with Crippen molar-refractivity contribution in [3.05, 3.63) is 16.1 Å². The van der Waals surface area contributed by atoms with Crippen LogP contribution in [0.2, 0.25) is 0 Å². The second-order valence-electron chi connectivity index (χ2n) is 5.54. The van der Waals surface area contributed by atoms with Crippen molar-refractivity contribution in [2.24, 2.45) is 5.92 Å². The van der Waals surface area contributed by atoms with Crippen molar-refractivity contribution in [3.8, 4) is 0 Å². The van der Waals surface area contributed by atoms with Crippen molar-refractivity contribution in [3.63, 3.8) is 0 Å². The minimum absolute atomic E-state index is 0.617. The first-order chi connectivity index (χ1) is 8.61. The highest BCUT2D eigenvalue weighted by molar-refractivity contribution is 7.09. The van der Waals surface area contributed by atoms with Gasteiger partial charge in [-0.3, -0.25) is 4.90 Å². The van der Waals surface area contributed by atoms with Gasteiger partial charge in [0.2, 0.25) is 0 Å². The lowest BCUT2D eigenvalue weighted by atomic mass is 9.95. The van der Waals surface area contributed by atoms with Crippen LogP contribution in [-0.2, 0) is 6.54 Å². The average Bonchev–Trinajstić information content (AvgIpc) is 2.77. The molecule has 0 amide bonds. The number of thiazole rings is 1. The van der Waals surface area contributed by atoms with Gasteiger partial charge in [-0.15, -0.1) is 11.3 Å². The predicted molar refractivity (Wildman–Crippen MR) is 78.0 cm³/mol. The van der Waals surface area contributed by atoms with Crippen LogP contribution in [0.3, 0.4) is 0 Å². The van der Waals surface area contributed by atoms with Gasteiger partial charge in [0, 0.05) is 36.6 Å². The van der Waals surface area contributed by atoms with E-state index in [0.717, 1.165) is 25.6 Å². The van der Waals surface area contributed by atoms with Gasteiger partial charge in [0.15, 0.2) is 0 Å². The molecule has 1 aromatic rings. The Morgan fingerprint density at radius 1 is 1.61 bits per heavy atom. The third-order valence-electron chi connectivity index (χ3n) is 4.25. The molecule has 1 fully saturated rings. The number of nitrogens with one attached hydrogen (secondary N) is 1. The monoisotopic (exact) mass is 267 g/mol. The van der Waals surface area contributed by atoms with E-state index in [0.29, 0.717) is 12.1 Å². The van der Waals surface area contributed by atoms with Gasteiger partial charge in [0.25, 0.3) is 0 Å². The van der Waals surface area contributed by atoms with Crippen LogP contribution in [0.15, 0.2) is 5.51 Å². The zero-order valence-corrected chi connectivity index (χ0v) is 12.8. The number of rotatable bonds is 4. The second-order valence-corrected chi connectivity index (χ2v) is 6.48. The maximum absolute atomic E-state index is 4.35. The van der Waals surface area contributed by atoms with E-state index in [1.165, 1.54) is 17.0 Å². The molecular weight excluding hydrogens is 242 g/mol. The van der Waals surface area contributed by atoms with Gasteiger partial charge in [-0.25, -0.2) is 4.98 Å². The van der Waals surface area contributed by atoms with E-state index in [1.54, 1.807) is 11.3 Å². The number of aryl methyl sites for hydroxylation is 1. The van der Waals surface area contributed by atoms with E-state index >= 15 is 0 Å². The fourth-order valence-corrected chi connectivity index (χ4v) is 3.30. The molecule has 102 valence electrons. The second kappa shape index (κ2) is 6.13. The number of hydrogen-bond acceptors (Lipinski definition) is 4. The fourth-order valence-electron chi connectivity index (χ4n) is 2.50. The van der Waals surface area contributed by atoms with Crippen molar-refractivity contribution in [1.29, 1.82) is 0 Å². The summed E-state index contributed by atoms with van der Waals surface area (Å²) in [4.78, 5) is 8.38. The molecule has 4 heteroatoms. The zero-order valence-electron chi connectivity index (χ0n) is 11.9. The molecule has 2 heterocycles. The maximum Gasteiger partial charge on any atom is 0.0798 e. The number of nitrogens with zero attached hydrogens (tertiary/aromatic N) is 2. The van der Waals surface area contributed by atoms with Crippen LogP contribution >= 0.6 is 11.3 Å². The number of aromatic nitrogens is 1. The summed E-state index contributed by atoms with van der Waals surface area (Å²) in [7, 11) is 0. The Morgan fingerprint density at radius 2 is 2.39 bits per heavy atom. The minimum Gasteiger partial charge on any atom is -0.311 e. The summed E-state index contributed by atoms with van der Waals surface area (Å²) in [5.41, 5.74) is 3.16. The van der Waals surface area contributed by atoms with Crippen molar-refractivity contribution in [2.45, 2.75) is 52.7 Å². The molecule has 1 aromatic heterocycles. The summed E-state index contributed by atoms with van der Waals surface area (Å²) in [5.74, 6) is 0.752. The van der Waals surface area contributed by atoms with Gasteiger partial charge < -0.3 is 5.32 Å². The first-order valence-electron chi connectivity index (χ1n) is 6.98. The molecule has 3 unspecified atom stereocenters. The number of hydrogen-bond donors (Lipinski definition) is 1. The molecule has 2 rings (SSSR count). The summed E-state index contributed by atoms with van der Waals surface area (Å²) < 4.78 is 0. The normalized spacial score (nSPS) is 27.3. The molecule has 0 radical (unpaired) electrons. The molecule has 1 saturated heterocycles. The van der Waals surface area contributed by atoms with Crippen LogP contribution in [0.5, 0.6) is 0 Å². The van der Waals surface area contributed by atoms with Crippen LogP contribution in [0.1, 0.15) is 37.8 Å². The molecule has 18 heavy (non-hydrogen) atoms. The Bertz CT molecular complexity index is 377. The van der Waals surface area contributed by atoms with Crippen LogP contribution in [-0.4, -0.2) is 35.1 Å². The smallest absolute Gasteiger partial charge is 0.0798 e. The van der Waals surface area contributed by atoms with Crippen LogP contribution in [0.4, 0.5) is 0 Å². The van der Waals surface area contributed by atoms with Gasteiger partial charge in [-0.05, 0) is 19.8 Å². The zero-order chi connectivity index (χ0) is 13.1. The average molecular weight is 267 g/mol. The van der Waals surface area contributed by atoms with E-state index in [1.807, 2.05) is 5.51 Å². The van der Waals surface area contributed by atoms with E-state index in [-0.39, 0.29) is 0 Å². The Labute approximate surface area is 115 Å². The van der Waals surface area contributed by atoms with E-state index in [2.05, 4.69) is 42.9 Å². The topological polar surface area (TPSA) is 28.2 Å². The third-order valence-corrected chi connectivity index (χ3v) is 5.17. The van der Waals surface area contributed by atoms with Crippen LogP contribution in [0.25, 0.3) is 0 Å². The highest BCUT2D eigenvalue weighted by Gasteiger charge is 2.28. The first kappa shape index (κ1) is 14.0. The summed E-state index contributed by atoms with van der Waals surface area (Å²) in [6.07, 6.45) is 1.25. The summed E-state index contributed by atoms with van der Waals surface area (Å²) in [5, 5.41) is 3.69. The molecule has 3 atom stereocenters. The molecule has 0 aromatic carbocycles. The van der Waals surface area contributed by atoms with Gasteiger partial charge in [-0.1, -0.05) is 20.3 Å². The van der Waals surface area contributed by atoms with Gasteiger partial charge in [0.1, 0.15) is 0 Å². The van der Waals surface area contributed by atoms with Crippen molar-refractivity contribution < 1.29 is 0 Å². The highest BCUT2D eigenvalue weighted by Crippen LogP contribution is 2.21. The fraction of sp³-hybridized carbons (Fsp3) is 0.786. The Balaban J connectivity index is 2.00. The molecule has 0 bridgehead atoms. The molecule has 1 aliphatic rings. The van der Waals surface area contributed by atoms with E-state index in [4.69, 9.17) is 0 Å². The third kappa shape index (κ3) is 3.11. The van der Waals surface area contributed by atoms with Gasteiger partial charge >= 0.3 is 0 Å². The lowest BCUT2D eigenvalue weighted by Gasteiger charge is -2.40. The Kier molecular flexibility index (Phi) is 4.76. The largest absolute Gasteiger partial charge is 0.311 e. The quantitative estimate of drug-likeness (QED) is 0.909. The van der Waals surface area contributed by atoms with E-state index in [9.17, 15) is 0 Å². The lowest BCUT2D eigenvalue weighted by Crippen LogP contribution is -2.56. The lowest BCUT2D eigenvalue weighted by molar-refractivity contribution is 0.112. The minimum atomic E-state index is 0.617. The van der Waals surface area contributed by atoms with Gasteiger partial charge in [0.05, 0.1) is 11.2 Å². The van der Waals surface area contributed by atoms with E-state index < -0.39 is 0 Å². The molecule has 0 saturated carbocycles. The number of piperazine rings is 1. The highest BCUT2D eigenvalue weighted by atomic mass is 32.1. The SMILES string of the molecule is CCC(C)C1CN(Cc2scnc2C)C(C)CN1. The summed E-state index contributed by atoms with van der Waals surface area (Å²) in [6.45, 7) is 12.4. The van der Waals surface area contributed by atoms with Crippen LogP contribution < -0.4 is 5.32 Å². The molecule has 0 aliphatic carbocycles. The Hall–Kier alpha value is -0.450. The molecule has 3 nitrogen and oxygen atoms in total. The van der Waals surface area contributed by atoms with Crippen molar-refractivity contribution in [1.82, 2.24) is 15.2 Å².